The normalized spacial score (nSPS) is 18.5. The molecule has 2 aromatic carbocycles. The Balaban J connectivity index is 1.70. The molecule has 5 heteroatoms. The van der Waals surface area contributed by atoms with E-state index >= 15 is 0 Å². The van der Waals surface area contributed by atoms with Gasteiger partial charge in [0.2, 0.25) is 0 Å². The standard InChI is InChI=1S/C17H20N2O2S/c1-14-8-6-7-11-17(14)18(2)15-12-19(13-15)22(20,21)16-9-4-3-5-10-16/h3-11,15H,12-13H2,1-2H3. The van der Waals surface area contributed by atoms with Gasteiger partial charge in [-0.2, -0.15) is 0 Å². The molecule has 0 bridgehead atoms. The quantitative estimate of drug-likeness (QED) is 0.815. The molecule has 2 aromatic rings. The first kappa shape index (κ1) is 15.2. The zero-order valence-electron chi connectivity index (χ0n) is 12.8. The Bertz CT molecular complexity index is 699. The second kappa shape index (κ2) is 5.83. The van der Waals surface area contributed by atoms with Gasteiger partial charge in [-0.1, -0.05) is 40.6 Å². The van der Waals surface area contributed by atoms with Gasteiger partial charge in [-0.15, -0.1) is 4.31 Å². The predicted molar refractivity (Wildman–Crippen MR) is 88.5 cm³/mol. The number of rotatable bonds is 4. The molecule has 1 aliphatic rings. The summed E-state index contributed by atoms with van der Waals surface area (Å²) in [6.07, 6.45) is 0. The largest absolute Gasteiger partial charge is 0.593 e. The summed E-state index contributed by atoms with van der Waals surface area (Å²) in [5.41, 5.74) is 2.36. The Kier molecular flexibility index (Phi) is 4.04. The van der Waals surface area contributed by atoms with E-state index in [2.05, 4.69) is 24.0 Å². The third-order valence-corrected chi connectivity index (χ3v) is 6.10. The second-order valence-corrected chi connectivity index (χ2v) is 7.62. The summed E-state index contributed by atoms with van der Waals surface area (Å²) in [6.45, 7) is 3.13. The maximum atomic E-state index is 12.5. The summed E-state index contributed by atoms with van der Waals surface area (Å²) in [4.78, 5) is 2.54. The van der Waals surface area contributed by atoms with Crippen LogP contribution in [0.15, 0.2) is 59.5 Å². The number of likely N-dealkylation sites (N-methyl/N-ethyl adjacent to an activating group) is 1. The van der Waals surface area contributed by atoms with Crippen molar-refractivity contribution in [2.24, 2.45) is 0 Å². The molecule has 1 aliphatic heterocycles. The van der Waals surface area contributed by atoms with Gasteiger partial charge >= 0.3 is 0 Å². The van der Waals surface area contributed by atoms with Crippen LogP contribution in [0.3, 0.4) is 0 Å². The molecule has 0 aliphatic carbocycles. The van der Waals surface area contributed by atoms with Gasteiger partial charge in [0.05, 0.1) is 19.1 Å². The van der Waals surface area contributed by atoms with Gasteiger partial charge in [-0.25, -0.2) is 0 Å². The maximum absolute atomic E-state index is 12.5. The highest BCUT2D eigenvalue weighted by molar-refractivity contribution is 7.95. The minimum Gasteiger partial charge on any atom is -0.593 e. The third kappa shape index (κ3) is 2.67. The minimum atomic E-state index is -3.35. The van der Waals surface area contributed by atoms with Crippen molar-refractivity contribution in [2.75, 3.05) is 25.0 Å². The lowest BCUT2D eigenvalue weighted by Crippen LogP contribution is -2.61. The molecule has 0 spiro atoms. The van der Waals surface area contributed by atoms with E-state index in [4.69, 9.17) is 0 Å². The molecule has 1 fully saturated rings. The molecule has 22 heavy (non-hydrogen) atoms. The number of nitrogens with zero attached hydrogens (tertiary/aromatic N) is 2. The monoisotopic (exact) mass is 316 g/mol. The molecular weight excluding hydrogens is 296 g/mol. The lowest BCUT2D eigenvalue weighted by Gasteiger charge is -2.44. The first-order valence-electron chi connectivity index (χ1n) is 7.34. The van der Waals surface area contributed by atoms with Crippen LogP contribution in [0.4, 0.5) is 5.69 Å². The van der Waals surface area contributed by atoms with Gasteiger partial charge in [0.1, 0.15) is 0 Å². The molecule has 116 valence electrons. The van der Waals surface area contributed by atoms with E-state index in [1.807, 2.05) is 25.2 Å². The highest BCUT2D eigenvalue weighted by Crippen LogP contribution is 2.30. The highest BCUT2D eigenvalue weighted by Gasteiger charge is 2.43. The summed E-state index contributed by atoms with van der Waals surface area (Å²) < 4.78 is 26.5. The molecule has 0 radical (unpaired) electrons. The fourth-order valence-corrected chi connectivity index (χ4v) is 4.29. The molecule has 1 saturated heterocycles. The Morgan fingerprint density at radius 1 is 1.09 bits per heavy atom. The van der Waals surface area contributed by atoms with Gasteiger partial charge in [0.25, 0.3) is 0 Å². The first-order valence-corrected chi connectivity index (χ1v) is 8.78. The van der Waals surface area contributed by atoms with Gasteiger partial charge < -0.3 is 9.45 Å². The molecule has 0 N–H and O–H groups in total. The molecule has 0 amide bonds. The summed E-state index contributed by atoms with van der Waals surface area (Å²) in [7, 11) is -1.33. The van der Waals surface area contributed by atoms with E-state index in [9.17, 15) is 8.76 Å². The lowest BCUT2D eigenvalue weighted by atomic mass is 10.1. The van der Waals surface area contributed by atoms with Crippen LogP contribution in [0, 0.1) is 6.92 Å². The predicted octanol–water partition coefficient (Wildman–Crippen LogP) is 2.72. The average Bonchev–Trinajstić information content (AvgIpc) is 2.46. The topological polar surface area (TPSA) is 46.6 Å². The number of hydrogen-bond acceptors (Lipinski definition) is 3. The van der Waals surface area contributed by atoms with Crippen LogP contribution in [0.2, 0.25) is 0 Å². The maximum Gasteiger partial charge on any atom is 0.175 e. The SMILES string of the molecule is Cc1ccccc1N(C)C1CN([S+](=O)([O-])c2ccccc2)C1. The summed E-state index contributed by atoms with van der Waals surface area (Å²) in [5, 5.41) is 0. The lowest BCUT2D eigenvalue weighted by molar-refractivity contribution is 0.236. The van der Waals surface area contributed by atoms with Gasteiger partial charge in [-0.05, 0) is 30.7 Å². The van der Waals surface area contributed by atoms with Crippen molar-refractivity contribution in [3.05, 3.63) is 60.2 Å². The molecule has 0 aromatic heterocycles. The van der Waals surface area contributed by atoms with Crippen LogP contribution in [0.1, 0.15) is 5.56 Å². The smallest absolute Gasteiger partial charge is 0.175 e. The van der Waals surface area contributed by atoms with Crippen molar-refractivity contribution in [3.63, 3.8) is 0 Å². The highest BCUT2D eigenvalue weighted by atomic mass is 32.3. The van der Waals surface area contributed by atoms with Crippen molar-refractivity contribution in [1.29, 1.82) is 0 Å². The summed E-state index contributed by atoms with van der Waals surface area (Å²) in [5.74, 6) is 0. The van der Waals surface area contributed by atoms with E-state index in [0.29, 0.717) is 18.0 Å². The zero-order valence-corrected chi connectivity index (χ0v) is 13.6. The van der Waals surface area contributed by atoms with Crippen LogP contribution in [-0.2, 0) is 14.6 Å². The van der Waals surface area contributed by atoms with Gasteiger partial charge in [0, 0.05) is 12.7 Å². The number of benzene rings is 2. The van der Waals surface area contributed by atoms with E-state index in [1.54, 1.807) is 28.6 Å². The minimum absolute atomic E-state index is 0.222. The van der Waals surface area contributed by atoms with Crippen molar-refractivity contribution >= 4 is 16.1 Å². The molecule has 4 nitrogen and oxygen atoms in total. The Labute approximate surface area is 132 Å². The number of para-hydroxylation sites is 1. The molecule has 1 unspecified atom stereocenters. The summed E-state index contributed by atoms with van der Waals surface area (Å²) in [6, 6.07) is 17.0. The van der Waals surface area contributed by atoms with Crippen molar-refractivity contribution < 1.29 is 8.76 Å². The van der Waals surface area contributed by atoms with E-state index in [-0.39, 0.29) is 6.04 Å². The summed E-state index contributed by atoms with van der Waals surface area (Å²) >= 11 is 0. The number of hydrogen-bond donors (Lipinski definition) is 0. The molecule has 1 heterocycles. The first-order chi connectivity index (χ1) is 10.5. The Morgan fingerprint density at radius 3 is 2.32 bits per heavy atom. The molecule has 1 atom stereocenters. The van der Waals surface area contributed by atoms with E-state index in [1.165, 1.54) is 5.56 Å². The van der Waals surface area contributed by atoms with E-state index < -0.39 is 10.4 Å². The molecule has 0 saturated carbocycles. The number of anilines is 1. The Hall–Kier alpha value is -1.69. The third-order valence-electron chi connectivity index (χ3n) is 4.25. The van der Waals surface area contributed by atoms with Crippen molar-refractivity contribution in [1.82, 2.24) is 4.31 Å². The van der Waals surface area contributed by atoms with Crippen LogP contribution in [0.5, 0.6) is 0 Å². The van der Waals surface area contributed by atoms with Crippen LogP contribution < -0.4 is 4.90 Å². The van der Waals surface area contributed by atoms with Crippen molar-refractivity contribution in [2.45, 2.75) is 17.9 Å². The van der Waals surface area contributed by atoms with Gasteiger partial charge in [0.15, 0.2) is 15.3 Å². The average molecular weight is 316 g/mol. The second-order valence-electron chi connectivity index (χ2n) is 5.69. The van der Waals surface area contributed by atoms with Crippen molar-refractivity contribution in [3.8, 4) is 0 Å². The fraction of sp³-hybridized carbons (Fsp3) is 0.294. The Morgan fingerprint density at radius 2 is 1.68 bits per heavy atom. The molecular formula is C17H20N2O2S. The zero-order chi connectivity index (χ0) is 15.7. The number of sulfonamides is 1. The molecule has 3 rings (SSSR count). The number of aryl methyl sites for hydroxylation is 1. The fourth-order valence-electron chi connectivity index (χ4n) is 2.76. The van der Waals surface area contributed by atoms with Crippen LogP contribution >= 0.6 is 0 Å². The van der Waals surface area contributed by atoms with Crippen LogP contribution in [0.25, 0.3) is 0 Å². The van der Waals surface area contributed by atoms with E-state index in [0.717, 1.165) is 5.69 Å². The van der Waals surface area contributed by atoms with Crippen LogP contribution in [-0.4, -0.2) is 35.0 Å². The van der Waals surface area contributed by atoms with Gasteiger partial charge in [-0.3, -0.25) is 0 Å².